The van der Waals surface area contributed by atoms with Gasteiger partial charge in [-0.3, -0.25) is 0 Å². The van der Waals surface area contributed by atoms with E-state index in [1.807, 2.05) is 4.90 Å². The van der Waals surface area contributed by atoms with Crippen molar-refractivity contribution >= 4 is 10.1 Å². The predicted molar refractivity (Wildman–Crippen MR) is 83.0 cm³/mol. The Bertz CT molecular complexity index is 290. The highest BCUT2D eigenvalue weighted by Gasteiger charge is 2.13. The summed E-state index contributed by atoms with van der Waals surface area (Å²) in [5.41, 5.74) is 0. The summed E-state index contributed by atoms with van der Waals surface area (Å²) < 4.78 is 27.2. The smallest absolute Gasteiger partial charge is 0.0916 e. The van der Waals surface area contributed by atoms with E-state index in [9.17, 15) is 0 Å². The van der Waals surface area contributed by atoms with Crippen molar-refractivity contribution in [2.75, 3.05) is 25.9 Å². The summed E-state index contributed by atoms with van der Waals surface area (Å²) in [6, 6.07) is 0. The fourth-order valence-electron chi connectivity index (χ4n) is 2.63. The molecule has 1 fully saturated rings. The number of hydrogen-bond donors (Lipinski definition) is 1. The minimum absolute atomic E-state index is 0.604. The lowest BCUT2D eigenvalue weighted by atomic mass is 10.1. The molecule has 0 unspecified atom stereocenters. The molecule has 1 saturated heterocycles. The van der Waals surface area contributed by atoms with E-state index >= 15 is 0 Å². The van der Waals surface area contributed by atoms with E-state index in [4.69, 9.17) is 13.0 Å². The number of nitrogens with one attached hydrogen (secondary N) is 1. The fourth-order valence-corrected chi connectivity index (χ4v) is 2.63. The molecule has 0 aromatic rings. The molecule has 20 heavy (non-hydrogen) atoms. The summed E-state index contributed by atoms with van der Waals surface area (Å²) in [6.45, 7) is 6.65. The van der Waals surface area contributed by atoms with E-state index in [1.54, 1.807) is 0 Å². The van der Waals surface area contributed by atoms with Crippen molar-refractivity contribution in [3.05, 3.63) is 0 Å². The zero-order valence-corrected chi connectivity index (χ0v) is 14.1. The first-order valence-corrected chi connectivity index (χ1v) is 9.99. The second kappa shape index (κ2) is 12.6. The second-order valence-electron chi connectivity index (χ2n) is 5.89. The summed E-state index contributed by atoms with van der Waals surface area (Å²) in [6.07, 6.45) is 15.2. The van der Waals surface area contributed by atoms with Crippen LogP contribution in [-0.2, 0) is 10.1 Å². The predicted octanol–water partition coefficient (Wildman–Crippen LogP) is 1.97. The summed E-state index contributed by atoms with van der Waals surface area (Å²) in [7, 11) is -3.92. The molecule has 1 heterocycles. The van der Waals surface area contributed by atoms with Crippen LogP contribution in [-0.4, -0.2) is 38.9 Å². The highest BCUT2D eigenvalue weighted by molar-refractivity contribution is 7.84. The van der Waals surface area contributed by atoms with Crippen LogP contribution in [0.25, 0.3) is 0 Å². The van der Waals surface area contributed by atoms with Gasteiger partial charge in [0.05, 0.1) is 29.8 Å². The molecule has 122 valence electrons. The molecule has 1 aliphatic rings. The summed E-state index contributed by atoms with van der Waals surface area (Å²) >= 11 is 0. The van der Waals surface area contributed by atoms with E-state index in [0.717, 1.165) is 0 Å². The molecule has 0 spiro atoms. The van der Waals surface area contributed by atoms with Crippen LogP contribution in [0.5, 0.6) is 0 Å². The van der Waals surface area contributed by atoms with Crippen molar-refractivity contribution < 1.29 is 17.9 Å². The van der Waals surface area contributed by atoms with E-state index in [-0.39, 0.29) is 0 Å². The van der Waals surface area contributed by atoms with Gasteiger partial charge in [-0.05, 0) is 12.8 Å². The average molecular weight is 308 g/mol. The van der Waals surface area contributed by atoms with Gasteiger partial charge in [-0.1, -0.05) is 45.4 Å². The highest BCUT2D eigenvalue weighted by atomic mass is 32.2. The van der Waals surface area contributed by atoms with Crippen molar-refractivity contribution in [3.8, 4) is 0 Å². The lowest BCUT2D eigenvalue weighted by molar-refractivity contribution is -0.887. The number of likely N-dealkylation sites (tertiary alicyclic amines) is 1. The van der Waals surface area contributed by atoms with Crippen LogP contribution >= 0.6 is 0 Å². The maximum atomic E-state index is 9.08. The largest absolute Gasteiger partial charge is 0.748 e. The van der Waals surface area contributed by atoms with Gasteiger partial charge in [0.25, 0.3) is 0 Å². The number of hydrogen-bond acceptors (Lipinski definition) is 3. The maximum Gasteiger partial charge on any atom is 0.0916 e. The van der Waals surface area contributed by atoms with Crippen LogP contribution in [0, 0.1) is 0 Å². The zero-order chi connectivity index (χ0) is 15.3. The standard InChI is InChI=1S/C14H29N.CH4O3S/c1-2-3-4-5-6-7-8-9-12-15-13-10-11-14-15;1-5(2,3)4/h2-14H2,1H3;1H3,(H,2,3,4). The molecule has 1 aliphatic heterocycles. The van der Waals surface area contributed by atoms with Gasteiger partial charge in [0, 0.05) is 19.1 Å². The van der Waals surface area contributed by atoms with Crippen LogP contribution in [0.1, 0.15) is 71.1 Å². The minimum Gasteiger partial charge on any atom is -0.748 e. The number of quaternary nitrogens is 1. The zero-order valence-electron chi connectivity index (χ0n) is 13.3. The Labute approximate surface area is 125 Å². The molecule has 0 amide bonds. The molecule has 0 radical (unpaired) electrons. The molecule has 1 rings (SSSR count). The molecule has 0 saturated carbocycles. The lowest BCUT2D eigenvalue weighted by Gasteiger charge is -2.11. The minimum atomic E-state index is -3.92. The number of rotatable bonds is 9. The van der Waals surface area contributed by atoms with Crippen LogP contribution in [0.4, 0.5) is 0 Å². The monoisotopic (exact) mass is 307 g/mol. The molecule has 1 N–H and O–H groups in total. The summed E-state index contributed by atoms with van der Waals surface area (Å²) in [5.74, 6) is 0. The van der Waals surface area contributed by atoms with Gasteiger partial charge in [-0.15, -0.1) is 0 Å². The molecular weight excluding hydrogens is 274 g/mol. The van der Waals surface area contributed by atoms with E-state index in [1.165, 1.54) is 83.8 Å². The Morgan fingerprint density at radius 1 is 0.900 bits per heavy atom. The second-order valence-corrected chi connectivity index (χ2v) is 7.29. The van der Waals surface area contributed by atoms with Crippen molar-refractivity contribution in [1.82, 2.24) is 0 Å². The molecule has 0 bridgehead atoms. The molecule has 0 atom stereocenters. The Morgan fingerprint density at radius 2 is 1.30 bits per heavy atom. The average Bonchev–Trinajstić information content (AvgIpc) is 2.83. The van der Waals surface area contributed by atoms with E-state index in [0.29, 0.717) is 6.26 Å². The SMILES string of the molecule is CCCCCCCCCC[NH+]1CCCC1.CS(=O)(=O)[O-]. The Morgan fingerprint density at radius 3 is 1.75 bits per heavy atom. The van der Waals surface area contributed by atoms with Gasteiger partial charge in [0.2, 0.25) is 0 Å². The maximum absolute atomic E-state index is 9.08. The molecule has 4 nitrogen and oxygen atoms in total. The Balaban J connectivity index is 0.000000621. The van der Waals surface area contributed by atoms with E-state index < -0.39 is 10.1 Å². The fraction of sp³-hybridized carbons (Fsp3) is 1.00. The van der Waals surface area contributed by atoms with Crippen molar-refractivity contribution in [1.29, 1.82) is 0 Å². The Hall–Kier alpha value is -0.130. The summed E-state index contributed by atoms with van der Waals surface area (Å²) in [5, 5.41) is 0. The third-order valence-electron chi connectivity index (χ3n) is 3.69. The first-order valence-electron chi connectivity index (χ1n) is 8.18. The molecule has 0 aromatic carbocycles. The first kappa shape index (κ1) is 19.9. The third-order valence-corrected chi connectivity index (χ3v) is 3.69. The van der Waals surface area contributed by atoms with E-state index in [2.05, 4.69) is 6.92 Å². The van der Waals surface area contributed by atoms with Gasteiger partial charge in [-0.2, -0.15) is 0 Å². The van der Waals surface area contributed by atoms with Crippen LogP contribution in [0.2, 0.25) is 0 Å². The van der Waals surface area contributed by atoms with Gasteiger partial charge < -0.3 is 9.45 Å². The normalized spacial score (nSPS) is 15.9. The highest BCUT2D eigenvalue weighted by Crippen LogP contribution is 2.07. The first-order chi connectivity index (χ1) is 9.43. The van der Waals surface area contributed by atoms with Gasteiger partial charge in [-0.25, -0.2) is 8.42 Å². The van der Waals surface area contributed by atoms with Crippen LogP contribution in [0.3, 0.4) is 0 Å². The van der Waals surface area contributed by atoms with Crippen molar-refractivity contribution in [2.24, 2.45) is 0 Å². The molecule has 0 aliphatic carbocycles. The Kier molecular flexibility index (Phi) is 12.5. The third kappa shape index (κ3) is 17.9. The van der Waals surface area contributed by atoms with Crippen molar-refractivity contribution in [2.45, 2.75) is 71.1 Å². The number of unbranched alkanes of at least 4 members (excludes halogenated alkanes) is 7. The molecule has 0 aromatic heterocycles. The van der Waals surface area contributed by atoms with Crippen LogP contribution < -0.4 is 4.90 Å². The lowest BCUT2D eigenvalue weighted by Crippen LogP contribution is -3.09. The topological polar surface area (TPSA) is 61.6 Å². The quantitative estimate of drug-likeness (QED) is 0.523. The molecule has 5 heteroatoms. The van der Waals surface area contributed by atoms with Crippen LogP contribution in [0.15, 0.2) is 0 Å². The van der Waals surface area contributed by atoms with Crippen molar-refractivity contribution in [3.63, 3.8) is 0 Å². The van der Waals surface area contributed by atoms with Gasteiger partial charge in [0.1, 0.15) is 0 Å². The van der Waals surface area contributed by atoms with Gasteiger partial charge >= 0.3 is 0 Å². The van der Waals surface area contributed by atoms with Gasteiger partial charge in [0.15, 0.2) is 0 Å². The summed E-state index contributed by atoms with van der Waals surface area (Å²) in [4.78, 5) is 1.88. The molecular formula is C15H33NO3S.